The van der Waals surface area contributed by atoms with Crippen molar-refractivity contribution < 1.29 is 17.9 Å². The lowest BCUT2D eigenvalue weighted by molar-refractivity contribution is -0.115. The highest BCUT2D eigenvalue weighted by molar-refractivity contribution is 6.81. The van der Waals surface area contributed by atoms with E-state index >= 15 is 0 Å². The molecule has 0 aromatic heterocycles. The first-order valence-electron chi connectivity index (χ1n) is 10.0. The fourth-order valence-corrected chi connectivity index (χ4v) is 12.2. The van der Waals surface area contributed by atoms with E-state index in [0.717, 1.165) is 32.2 Å². The van der Waals surface area contributed by atoms with Crippen LogP contribution in [0, 0.1) is 0 Å². The first-order valence-corrected chi connectivity index (χ1v) is 17.5. The number of ketones is 1. The van der Waals surface area contributed by atoms with Crippen LogP contribution in [0.25, 0.3) is 0 Å². The van der Waals surface area contributed by atoms with Crippen molar-refractivity contribution in [2.45, 2.75) is 84.7 Å². The minimum absolute atomic E-state index is 0.0170. The third-order valence-corrected chi connectivity index (χ3v) is 13.2. The zero-order chi connectivity index (χ0) is 19.3. The second-order valence-electron chi connectivity index (χ2n) is 7.13. The molecule has 1 aliphatic heterocycles. The van der Waals surface area contributed by atoms with Crippen LogP contribution in [0.15, 0.2) is 0 Å². The molecule has 0 saturated carbocycles. The summed E-state index contributed by atoms with van der Waals surface area (Å²) in [6.07, 6.45) is 3.57. The van der Waals surface area contributed by atoms with Crippen LogP contribution >= 0.6 is 0 Å². The van der Waals surface area contributed by atoms with Gasteiger partial charge in [0.2, 0.25) is 0 Å². The molecule has 0 amide bonds. The monoisotopic (exact) mass is 407 g/mol. The number of hydrogen-bond acceptors (Lipinski definition) is 5. The molecule has 8 heteroatoms. The second-order valence-corrected chi connectivity index (χ2v) is 15.5. The summed E-state index contributed by atoms with van der Waals surface area (Å²) in [5.41, 5.74) is 0. The van der Waals surface area contributed by atoms with E-state index in [2.05, 4.69) is 40.4 Å². The fraction of sp³-hybridized carbons (Fsp3) is 0.941. The van der Waals surface area contributed by atoms with E-state index < -0.39 is 17.1 Å². The zero-order valence-electron chi connectivity index (χ0n) is 17.7. The highest BCUT2D eigenvalue weighted by Crippen LogP contribution is 2.30. The summed E-state index contributed by atoms with van der Waals surface area (Å²) >= 11 is 0. The van der Waals surface area contributed by atoms with E-state index in [1.165, 1.54) is 24.9 Å². The molecule has 0 spiro atoms. The number of Topliss-reactive ketones (excluding diaryl/α,β-unsaturated/α-hetero) is 1. The molecule has 5 nitrogen and oxygen atoms in total. The third kappa shape index (κ3) is 11.5. The Bertz CT molecular complexity index is 372. The minimum atomic E-state index is -2.51. The van der Waals surface area contributed by atoms with Crippen molar-refractivity contribution in [1.29, 1.82) is 0 Å². The van der Waals surface area contributed by atoms with Crippen LogP contribution in [0.1, 0.15) is 47.0 Å². The van der Waals surface area contributed by atoms with E-state index in [1.807, 2.05) is 5.06 Å². The Hall–Kier alpha value is 0.161. The van der Waals surface area contributed by atoms with E-state index in [0.29, 0.717) is 5.78 Å². The SMILES string of the molecule is CCC[Si]1(C)CCCCO[Si](C)(ON(CC)CC)O1.C[SiH2]CC(C)=O. The van der Waals surface area contributed by atoms with Gasteiger partial charge >= 0.3 is 8.80 Å². The number of rotatable bonds is 8. The maximum atomic E-state index is 10.1. The van der Waals surface area contributed by atoms with Gasteiger partial charge < -0.3 is 13.3 Å². The van der Waals surface area contributed by atoms with Crippen molar-refractivity contribution in [3.8, 4) is 0 Å². The predicted octanol–water partition coefficient (Wildman–Crippen LogP) is 3.85. The molecule has 0 aromatic carbocycles. The maximum Gasteiger partial charge on any atom is 0.504 e. The Morgan fingerprint density at radius 3 is 2.28 bits per heavy atom. The average molecular weight is 408 g/mol. The van der Waals surface area contributed by atoms with Gasteiger partial charge in [-0.2, -0.15) is 5.06 Å². The highest BCUT2D eigenvalue weighted by Gasteiger charge is 2.45. The molecular formula is C17H41NO4Si3. The molecule has 0 aromatic rings. The normalized spacial score (nSPS) is 27.7. The molecule has 2 atom stereocenters. The van der Waals surface area contributed by atoms with Crippen LogP contribution in [-0.4, -0.2) is 57.2 Å². The first kappa shape index (κ1) is 25.2. The summed E-state index contributed by atoms with van der Waals surface area (Å²) in [5.74, 6) is 0.351. The van der Waals surface area contributed by atoms with Gasteiger partial charge in [0, 0.05) is 35.8 Å². The highest BCUT2D eigenvalue weighted by atomic mass is 28.5. The van der Waals surface area contributed by atoms with Gasteiger partial charge in [-0.05, 0) is 38.0 Å². The molecule has 2 unspecified atom stereocenters. The number of hydrogen-bond donors (Lipinski definition) is 0. The lowest BCUT2D eigenvalue weighted by Gasteiger charge is -2.40. The molecule has 1 aliphatic rings. The smallest absolute Gasteiger partial charge is 0.415 e. The van der Waals surface area contributed by atoms with Crippen molar-refractivity contribution in [3.05, 3.63) is 0 Å². The van der Waals surface area contributed by atoms with Gasteiger partial charge in [0.05, 0.1) is 0 Å². The molecule has 0 aliphatic carbocycles. The van der Waals surface area contributed by atoms with Crippen molar-refractivity contribution in [2.75, 3.05) is 19.7 Å². The molecule has 1 rings (SSSR count). The quantitative estimate of drug-likeness (QED) is 0.452. The van der Waals surface area contributed by atoms with Crippen molar-refractivity contribution >= 4 is 32.4 Å². The Kier molecular flexibility index (Phi) is 13.4. The van der Waals surface area contributed by atoms with Crippen LogP contribution in [0.5, 0.6) is 0 Å². The van der Waals surface area contributed by atoms with Crippen LogP contribution in [-0.2, 0) is 17.9 Å². The molecule has 25 heavy (non-hydrogen) atoms. The summed E-state index contributed by atoms with van der Waals surface area (Å²) in [6, 6.07) is 3.33. The topological polar surface area (TPSA) is 48.0 Å². The van der Waals surface area contributed by atoms with E-state index in [4.69, 9.17) is 13.1 Å². The van der Waals surface area contributed by atoms with Gasteiger partial charge in [-0.3, -0.25) is 4.53 Å². The van der Waals surface area contributed by atoms with Crippen LogP contribution in [0.4, 0.5) is 0 Å². The number of carbonyl (C=O) groups is 1. The van der Waals surface area contributed by atoms with Gasteiger partial charge in [0.15, 0.2) is 8.32 Å². The largest absolute Gasteiger partial charge is 0.504 e. The predicted molar refractivity (Wildman–Crippen MR) is 113 cm³/mol. The van der Waals surface area contributed by atoms with Gasteiger partial charge in [0.25, 0.3) is 0 Å². The first-order chi connectivity index (χ1) is 11.7. The molecule has 0 N–H and O–H groups in total. The second kappa shape index (κ2) is 13.3. The molecule has 1 heterocycles. The summed E-state index contributed by atoms with van der Waals surface area (Å²) < 4.78 is 18.7. The third-order valence-electron chi connectivity index (χ3n) is 4.28. The molecule has 0 bridgehead atoms. The fourth-order valence-electron chi connectivity index (χ4n) is 3.08. The summed E-state index contributed by atoms with van der Waals surface area (Å²) in [6.45, 7) is 17.2. The molecule has 1 fully saturated rings. The minimum Gasteiger partial charge on any atom is -0.415 e. The van der Waals surface area contributed by atoms with Gasteiger partial charge in [-0.1, -0.05) is 40.2 Å². The lowest BCUT2D eigenvalue weighted by atomic mass is 10.4. The summed E-state index contributed by atoms with van der Waals surface area (Å²) in [7, 11) is -4.15. The van der Waals surface area contributed by atoms with E-state index in [9.17, 15) is 4.79 Å². The van der Waals surface area contributed by atoms with Crippen LogP contribution in [0.2, 0.25) is 37.8 Å². The number of carbonyl (C=O) groups excluding carboxylic acids is 1. The summed E-state index contributed by atoms with van der Waals surface area (Å²) in [4.78, 5) is 10.1. The van der Waals surface area contributed by atoms with Crippen LogP contribution < -0.4 is 0 Å². The molecule has 150 valence electrons. The average Bonchev–Trinajstić information content (AvgIpc) is 2.51. The lowest BCUT2D eigenvalue weighted by Crippen LogP contribution is -2.56. The number of hydroxylamine groups is 2. The standard InChI is InChI=1S/C13H31NO3Si2.C4H10OSi/c1-6-12-18(4)13-10-9-11-15-19(5,17-18)16-14(7-2)8-3;1-4(5)3-6-2/h6-13H2,1-5H3;3,6H2,1-2H3. The van der Waals surface area contributed by atoms with E-state index in [-0.39, 0.29) is 9.52 Å². The summed E-state index contributed by atoms with van der Waals surface area (Å²) in [5, 5.41) is 1.97. The van der Waals surface area contributed by atoms with Crippen LogP contribution in [0.3, 0.4) is 0 Å². The Labute approximate surface area is 160 Å². The Morgan fingerprint density at radius 2 is 1.84 bits per heavy atom. The molecule has 0 radical (unpaired) electrons. The maximum absolute atomic E-state index is 10.1. The van der Waals surface area contributed by atoms with Crippen molar-refractivity contribution in [3.63, 3.8) is 0 Å². The Balaban J connectivity index is 0.000000823. The van der Waals surface area contributed by atoms with E-state index in [1.54, 1.807) is 6.92 Å². The van der Waals surface area contributed by atoms with Gasteiger partial charge in [0.1, 0.15) is 5.78 Å². The Morgan fingerprint density at radius 1 is 1.20 bits per heavy atom. The number of nitrogens with zero attached hydrogens (tertiary/aromatic N) is 1. The zero-order valence-corrected chi connectivity index (χ0v) is 21.1. The molecule has 1 saturated heterocycles. The van der Waals surface area contributed by atoms with Gasteiger partial charge in [-0.15, -0.1) is 0 Å². The van der Waals surface area contributed by atoms with Crippen molar-refractivity contribution in [1.82, 2.24) is 5.06 Å². The van der Waals surface area contributed by atoms with Gasteiger partial charge in [-0.25, -0.2) is 0 Å². The van der Waals surface area contributed by atoms with Crippen molar-refractivity contribution in [2.24, 2.45) is 0 Å². The molecular weight excluding hydrogens is 366 g/mol.